The van der Waals surface area contributed by atoms with Gasteiger partial charge in [0.05, 0.1) is 15.6 Å². The molecule has 0 bridgehead atoms. The number of benzene rings is 2. The summed E-state index contributed by atoms with van der Waals surface area (Å²) in [5.74, 6) is 0.407. The number of amides is 2. The molecule has 0 N–H and O–H groups in total. The van der Waals surface area contributed by atoms with E-state index in [2.05, 4.69) is 28.1 Å². The summed E-state index contributed by atoms with van der Waals surface area (Å²) >= 11 is 15.7. The van der Waals surface area contributed by atoms with Crippen LogP contribution < -0.4 is 0 Å². The monoisotopic (exact) mass is 480 g/mol. The second-order valence-corrected chi connectivity index (χ2v) is 8.92. The molecule has 1 saturated heterocycles. The number of halogens is 3. The number of hydrogen-bond donors (Lipinski definition) is 0. The van der Waals surface area contributed by atoms with Crippen LogP contribution in [0, 0.1) is 5.92 Å². The maximum absolute atomic E-state index is 12.8. The zero-order valence-electron chi connectivity index (χ0n) is 15.1. The first-order valence-corrected chi connectivity index (χ1v) is 10.8. The summed E-state index contributed by atoms with van der Waals surface area (Å²) < 4.78 is 1.04. The van der Waals surface area contributed by atoms with Crippen molar-refractivity contribution in [1.29, 1.82) is 0 Å². The Bertz CT molecular complexity index is 928. The van der Waals surface area contributed by atoms with Gasteiger partial charge >= 0.3 is 0 Å². The van der Waals surface area contributed by atoms with Crippen molar-refractivity contribution in [2.24, 2.45) is 5.92 Å². The Morgan fingerprint density at radius 3 is 2.36 bits per heavy atom. The van der Waals surface area contributed by atoms with Crippen LogP contribution in [0.1, 0.15) is 28.3 Å². The van der Waals surface area contributed by atoms with Crippen molar-refractivity contribution in [3.8, 4) is 0 Å². The van der Waals surface area contributed by atoms with Crippen LogP contribution in [-0.4, -0.2) is 47.8 Å². The molecule has 2 fully saturated rings. The van der Waals surface area contributed by atoms with Crippen molar-refractivity contribution in [2.75, 3.05) is 26.2 Å². The topological polar surface area (TPSA) is 40.6 Å². The van der Waals surface area contributed by atoms with Gasteiger partial charge in [-0.3, -0.25) is 9.59 Å². The molecule has 1 aliphatic carbocycles. The molecule has 7 heteroatoms. The molecule has 1 aliphatic heterocycles. The summed E-state index contributed by atoms with van der Waals surface area (Å²) in [7, 11) is 0. The summed E-state index contributed by atoms with van der Waals surface area (Å²) in [4.78, 5) is 29.2. The van der Waals surface area contributed by atoms with Gasteiger partial charge in [-0.05, 0) is 42.2 Å². The highest BCUT2D eigenvalue weighted by molar-refractivity contribution is 9.10. The summed E-state index contributed by atoms with van der Waals surface area (Å²) in [6.45, 7) is 2.10. The van der Waals surface area contributed by atoms with Crippen molar-refractivity contribution < 1.29 is 9.59 Å². The Morgan fingerprint density at radius 2 is 1.64 bits per heavy atom. The van der Waals surface area contributed by atoms with E-state index in [9.17, 15) is 9.59 Å². The lowest BCUT2D eigenvalue weighted by atomic mass is 10.1. The number of nitrogens with zero attached hydrogens (tertiary/aromatic N) is 2. The molecule has 2 aliphatic rings. The Kier molecular flexibility index (Phi) is 5.68. The SMILES string of the molecule is O=C(c1cccc(Cl)c1Cl)N1CCN(C(=O)C2CC2c2cccc(Br)c2)CC1. The van der Waals surface area contributed by atoms with Crippen molar-refractivity contribution in [2.45, 2.75) is 12.3 Å². The lowest BCUT2D eigenvalue weighted by molar-refractivity contribution is -0.134. The molecule has 0 radical (unpaired) electrons. The number of carbonyl (C=O) groups is 2. The van der Waals surface area contributed by atoms with Gasteiger partial charge in [0, 0.05) is 36.6 Å². The lowest BCUT2D eigenvalue weighted by Gasteiger charge is -2.35. The standard InChI is InChI=1S/C21H19BrCl2N2O2/c22-14-4-1-3-13(11-14)16-12-17(16)21(28)26-9-7-25(8-10-26)20(27)15-5-2-6-18(23)19(15)24/h1-6,11,16-17H,7-10,12H2. The van der Waals surface area contributed by atoms with E-state index in [-0.39, 0.29) is 22.8 Å². The Labute approximate surface area is 182 Å². The molecule has 1 heterocycles. The third-order valence-electron chi connectivity index (χ3n) is 5.45. The fraction of sp³-hybridized carbons (Fsp3) is 0.333. The number of carbonyl (C=O) groups excluding carboxylic acids is 2. The predicted molar refractivity (Wildman–Crippen MR) is 114 cm³/mol. The smallest absolute Gasteiger partial charge is 0.255 e. The van der Waals surface area contributed by atoms with Crippen LogP contribution in [0.25, 0.3) is 0 Å². The van der Waals surface area contributed by atoms with Crippen molar-refractivity contribution in [3.63, 3.8) is 0 Å². The fourth-order valence-electron chi connectivity index (χ4n) is 3.78. The minimum atomic E-state index is -0.141. The van der Waals surface area contributed by atoms with Gasteiger partial charge < -0.3 is 9.80 Å². The first-order valence-electron chi connectivity index (χ1n) is 9.23. The van der Waals surface area contributed by atoms with Gasteiger partial charge in [0.2, 0.25) is 5.91 Å². The van der Waals surface area contributed by atoms with E-state index in [1.807, 2.05) is 17.0 Å². The maximum Gasteiger partial charge on any atom is 0.255 e. The second kappa shape index (κ2) is 8.05. The molecule has 0 spiro atoms. The molecule has 4 rings (SSSR count). The van der Waals surface area contributed by atoms with E-state index in [1.54, 1.807) is 23.1 Å². The highest BCUT2D eigenvalue weighted by Crippen LogP contribution is 2.49. The van der Waals surface area contributed by atoms with Crippen LogP contribution in [-0.2, 0) is 4.79 Å². The van der Waals surface area contributed by atoms with Crippen LogP contribution in [0.4, 0.5) is 0 Å². The predicted octanol–water partition coefficient (Wildman–Crippen LogP) is 4.84. The van der Waals surface area contributed by atoms with Gasteiger partial charge in [0.1, 0.15) is 0 Å². The first kappa shape index (κ1) is 19.7. The molecule has 1 saturated carbocycles. The van der Waals surface area contributed by atoms with Crippen LogP contribution in [0.3, 0.4) is 0 Å². The average Bonchev–Trinajstić information content (AvgIpc) is 3.50. The normalized spacial score (nSPS) is 21.5. The highest BCUT2D eigenvalue weighted by Gasteiger charge is 2.46. The molecule has 28 heavy (non-hydrogen) atoms. The summed E-state index contributed by atoms with van der Waals surface area (Å²) in [6.07, 6.45) is 0.895. The van der Waals surface area contributed by atoms with Crippen LogP contribution in [0.2, 0.25) is 10.0 Å². The molecule has 2 unspecified atom stereocenters. The van der Waals surface area contributed by atoms with Crippen LogP contribution in [0.15, 0.2) is 46.9 Å². The molecule has 2 aromatic rings. The molecule has 4 nitrogen and oxygen atoms in total. The molecular formula is C21H19BrCl2N2O2. The third-order valence-corrected chi connectivity index (χ3v) is 6.76. The molecule has 146 valence electrons. The van der Waals surface area contributed by atoms with Gasteiger partial charge in [-0.1, -0.05) is 57.3 Å². The molecule has 2 aromatic carbocycles. The zero-order valence-corrected chi connectivity index (χ0v) is 18.2. The highest BCUT2D eigenvalue weighted by atomic mass is 79.9. The molecule has 2 atom stereocenters. The quantitative estimate of drug-likeness (QED) is 0.629. The van der Waals surface area contributed by atoms with E-state index in [1.165, 1.54) is 5.56 Å². The average molecular weight is 482 g/mol. The number of rotatable bonds is 3. The second-order valence-electron chi connectivity index (χ2n) is 7.22. The largest absolute Gasteiger partial charge is 0.339 e. The number of hydrogen-bond acceptors (Lipinski definition) is 2. The van der Waals surface area contributed by atoms with Crippen LogP contribution >= 0.6 is 39.1 Å². The molecule has 2 amide bonds. The van der Waals surface area contributed by atoms with Gasteiger partial charge in [-0.25, -0.2) is 0 Å². The van der Waals surface area contributed by atoms with Gasteiger partial charge in [-0.2, -0.15) is 0 Å². The summed E-state index contributed by atoms with van der Waals surface area (Å²) in [6, 6.07) is 13.2. The Balaban J connectivity index is 1.35. The van der Waals surface area contributed by atoms with Gasteiger partial charge in [-0.15, -0.1) is 0 Å². The van der Waals surface area contributed by atoms with Crippen molar-refractivity contribution in [3.05, 3.63) is 68.1 Å². The summed E-state index contributed by atoms with van der Waals surface area (Å²) in [5.41, 5.74) is 1.61. The maximum atomic E-state index is 12.8. The van der Waals surface area contributed by atoms with Gasteiger partial charge in [0.15, 0.2) is 0 Å². The van der Waals surface area contributed by atoms with E-state index in [0.29, 0.717) is 42.7 Å². The van der Waals surface area contributed by atoms with Crippen molar-refractivity contribution >= 4 is 50.9 Å². The molecule has 0 aromatic heterocycles. The molecular weight excluding hydrogens is 463 g/mol. The van der Waals surface area contributed by atoms with E-state index < -0.39 is 0 Å². The summed E-state index contributed by atoms with van der Waals surface area (Å²) in [5, 5.41) is 0.649. The minimum absolute atomic E-state index is 0.0546. The van der Waals surface area contributed by atoms with E-state index in [4.69, 9.17) is 23.2 Å². The zero-order chi connectivity index (χ0) is 19.8. The van der Waals surface area contributed by atoms with Gasteiger partial charge in [0.25, 0.3) is 5.91 Å². The number of piperazine rings is 1. The van der Waals surface area contributed by atoms with Crippen molar-refractivity contribution in [1.82, 2.24) is 9.80 Å². The Hall–Kier alpha value is -1.56. The lowest BCUT2D eigenvalue weighted by Crippen LogP contribution is -2.51. The minimum Gasteiger partial charge on any atom is -0.339 e. The van der Waals surface area contributed by atoms with Crippen LogP contribution in [0.5, 0.6) is 0 Å². The third kappa shape index (κ3) is 3.93. The van der Waals surface area contributed by atoms with E-state index in [0.717, 1.165) is 10.9 Å². The Morgan fingerprint density at radius 1 is 0.964 bits per heavy atom. The first-order chi connectivity index (χ1) is 13.5. The van der Waals surface area contributed by atoms with E-state index >= 15 is 0 Å². The fourth-order valence-corrected chi connectivity index (χ4v) is 4.58.